The van der Waals surface area contributed by atoms with Crippen molar-refractivity contribution < 1.29 is 0 Å². The van der Waals surface area contributed by atoms with Crippen molar-refractivity contribution in [3.05, 3.63) is 30.1 Å². The number of hydrogen-bond donors (Lipinski definition) is 0. The van der Waals surface area contributed by atoms with Gasteiger partial charge in [0.05, 0.1) is 11.0 Å². The summed E-state index contributed by atoms with van der Waals surface area (Å²) in [6.45, 7) is 3.28. The largest absolute Gasteiger partial charge is 0.328 e. The number of fused-ring (bicyclic) bond motifs is 1. The normalized spacial score (nSPS) is 16.7. The molecule has 2 aromatic rings. The van der Waals surface area contributed by atoms with E-state index in [-0.39, 0.29) is 0 Å². The highest BCUT2D eigenvalue weighted by molar-refractivity contribution is 6.20. The van der Waals surface area contributed by atoms with Gasteiger partial charge in [-0.1, -0.05) is 19.1 Å². The zero-order valence-electron chi connectivity index (χ0n) is 12.2. The second-order valence-electron chi connectivity index (χ2n) is 5.91. The molecule has 1 heterocycles. The van der Waals surface area contributed by atoms with Crippen LogP contribution in [0.1, 0.15) is 44.9 Å². The number of nitrogens with zero attached hydrogens (tertiary/aromatic N) is 2. The quantitative estimate of drug-likeness (QED) is 0.671. The Bertz CT molecular complexity index is 571. The van der Waals surface area contributed by atoms with Gasteiger partial charge in [-0.2, -0.15) is 0 Å². The molecule has 2 nitrogen and oxygen atoms in total. The van der Waals surface area contributed by atoms with Crippen LogP contribution < -0.4 is 0 Å². The van der Waals surface area contributed by atoms with Crippen LogP contribution in [0.5, 0.6) is 0 Å². The average molecular weight is 291 g/mol. The maximum Gasteiger partial charge on any atom is 0.109 e. The van der Waals surface area contributed by atoms with Crippen molar-refractivity contribution in [1.82, 2.24) is 9.55 Å². The summed E-state index contributed by atoms with van der Waals surface area (Å²) in [6.07, 6.45) is 7.14. The van der Waals surface area contributed by atoms with Gasteiger partial charge >= 0.3 is 0 Å². The molecule has 0 spiro atoms. The van der Waals surface area contributed by atoms with E-state index in [1.54, 1.807) is 0 Å². The van der Waals surface area contributed by atoms with Crippen molar-refractivity contribution in [3.63, 3.8) is 0 Å². The molecule has 0 radical (unpaired) electrons. The molecular weight excluding hydrogens is 268 g/mol. The van der Waals surface area contributed by atoms with Crippen molar-refractivity contribution >= 4 is 22.6 Å². The van der Waals surface area contributed by atoms with Crippen LogP contribution in [0, 0.1) is 5.92 Å². The van der Waals surface area contributed by atoms with Crippen molar-refractivity contribution in [1.29, 1.82) is 0 Å². The summed E-state index contributed by atoms with van der Waals surface area (Å²) in [5.41, 5.74) is 2.40. The van der Waals surface area contributed by atoms with Crippen LogP contribution in [-0.4, -0.2) is 14.9 Å². The number of aromatic nitrogens is 2. The minimum atomic E-state index is 0.388. The molecule has 1 saturated carbocycles. The Labute approximate surface area is 126 Å². The molecule has 20 heavy (non-hydrogen) atoms. The van der Waals surface area contributed by atoms with E-state index in [1.807, 2.05) is 0 Å². The molecule has 108 valence electrons. The van der Waals surface area contributed by atoms with Gasteiger partial charge in [0, 0.05) is 18.3 Å². The first kappa shape index (κ1) is 13.9. The first-order chi connectivity index (χ1) is 9.79. The number of benzene rings is 1. The molecule has 3 rings (SSSR count). The monoisotopic (exact) mass is 290 g/mol. The highest BCUT2D eigenvalue weighted by atomic mass is 35.5. The molecule has 0 N–H and O–H groups in total. The summed E-state index contributed by atoms with van der Waals surface area (Å²) in [7, 11) is 0. The van der Waals surface area contributed by atoms with Crippen LogP contribution in [0.3, 0.4) is 0 Å². The van der Waals surface area contributed by atoms with E-state index in [2.05, 4.69) is 35.8 Å². The molecule has 1 aromatic carbocycles. The van der Waals surface area contributed by atoms with Crippen LogP contribution in [0.4, 0.5) is 0 Å². The number of rotatable bonds is 7. The summed E-state index contributed by atoms with van der Waals surface area (Å²) in [4.78, 5) is 4.81. The molecular formula is C17H23ClN2. The van der Waals surface area contributed by atoms with Crippen LogP contribution in [0.25, 0.3) is 11.0 Å². The molecule has 1 atom stereocenters. The predicted octanol–water partition coefficient (Wildman–Crippen LogP) is 4.79. The zero-order chi connectivity index (χ0) is 13.9. The number of imidazole rings is 1. The smallest absolute Gasteiger partial charge is 0.109 e. The van der Waals surface area contributed by atoms with Gasteiger partial charge in [0.2, 0.25) is 0 Å². The molecule has 1 aliphatic rings. The second kappa shape index (κ2) is 6.17. The van der Waals surface area contributed by atoms with Gasteiger partial charge in [-0.15, -0.1) is 11.6 Å². The maximum absolute atomic E-state index is 6.40. The molecule has 3 heteroatoms. The van der Waals surface area contributed by atoms with Gasteiger partial charge in [0.15, 0.2) is 0 Å². The van der Waals surface area contributed by atoms with Gasteiger partial charge in [0.1, 0.15) is 5.82 Å². The van der Waals surface area contributed by atoms with E-state index in [4.69, 9.17) is 16.6 Å². The second-order valence-corrected chi connectivity index (χ2v) is 6.47. The minimum Gasteiger partial charge on any atom is -0.328 e. The lowest BCUT2D eigenvalue weighted by atomic mass is 10.1. The molecule has 0 aliphatic heterocycles. The lowest BCUT2D eigenvalue weighted by Gasteiger charge is -2.09. The minimum absolute atomic E-state index is 0.388. The first-order valence-electron chi connectivity index (χ1n) is 7.87. The lowest BCUT2D eigenvalue weighted by molar-refractivity contribution is 0.596. The SMILES string of the molecule is CCCn1c(CCCC(Cl)C2CC2)nc2ccccc21. The molecule has 0 bridgehead atoms. The number of alkyl halides is 1. The van der Waals surface area contributed by atoms with Crippen LogP contribution >= 0.6 is 11.6 Å². The van der Waals surface area contributed by atoms with Crippen LogP contribution in [0.2, 0.25) is 0 Å². The van der Waals surface area contributed by atoms with Crippen molar-refractivity contribution in [3.8, 4) is 0 Å². The van der Waals surface area contributed by atoms with Gasteiger partial charge in [0.25, 0.3) is 0 Å². The molecule has 1 aromatic heterocycles. The van der Waals surface area contributed by atoms with Gasteiger partial charge < -0.3 is 4.57 Å². The lowest BCUT2D eigenvalue weighted by Crippen LogP contribution is -2.06. The third-order valence-corrected chi connectivity index (χ3v) is 4.77. The van der Waals surface area contributed by atoms with E-state index in [1.165, 1.54) is 24.2 Å². The number of aryl methyl sites for hydroxylation is 2. The van der Waals surface area contributed by atoms with Crippen molar-refractivity contribution in [2.24, 2.45) is 5.92 Å². The van der Waals surface area contributed by atoms with Crippen LogP contribution in [-0.2, 0) is 13.0 Å². The molecule has 1 aliphatic carbocycles. The van der Waals surface area contributed by atoms with E-state index in [0.717, 1.165) is 43.7 Å². The Hall–Kier alpha value is -1.02. The fourth-order valence-electron chi connectivity index (χ4n) is 2.94. The number of para-hydroxylation sites is 2. The van der Waals surface area contributed by atoms with Gasteiger partial charge in [-0.25, -0.2) is 4.98 Å². The fraction of sp³-hybridized carbons (Fsp3) is 0.588. The Balaban J connectivity index is 1.70. The Morgan fingerprint density at radius 1 is 1.35 bits per heavy atom. The Kier molecular flexibility index (Phi) is 4.30. The third-order valence-electron chi connectivity index (χ3n) is 4.19. The van der Waals surface area contributed by atoms with Gasteiger partial charge in [-0.3, -0.25) is 0 Å². The maximum atomic E-state index is 6.40. The standard InChI is InChI=1S/C17H23ClN2/c1-2-12-20-16-8-4-3-7-15(16)19-17(20)9-5-6-14(18)13-10-11-13/h3-4,7-8,13-14H,2,5-6,9-12H2,1H3. The predicted molar refractivity (Wildman–Crippen MR) is 85.3 cm³/mol. The molecule has 1 fully saturated rings. The van der Waals surface area contributed by atoms with E-state index >= 15 is 0 Å². The van der Waals surface area contributed by atoms with E-state index < -0.39 is 0 Å². The Morgan fingerprint density at radius 2 is 2.15 bits per heavy atom. The zero-order valence-corrected chi connectivity index (χ0v) is 12.9. The number of halogens is 1. The van der Waals surface area contributed by atoms with Gasteiger partial charge in [-0.05, 0) is 50.2 Å². The summed E-state index contributed by atoms with van der Waals surface area (Å²) in [5, 5.41) is 0.388. The topological polar surface area (TPSA) is 17.8 Å². The summed E-state index contributed by atoms with van der Waals surface area (Å²) < 4.78 is 2.38. The van der Waals surface area contributed by atoms with E-state index in [9.17, 15) is 0 Å². The highest BCUT2D eigenvalue weighted by Crippen LogP contribution is 2.37. The van der Waals surface area contributed by atoms with Crippen molar-refractivity contribution in [2.45, 2.75) is 57.4 Å². The van der Waals surface area contributed by atoms with Crippen molar-refractivity contribution in [2.75, 3.05) is 0 Å². The highest BCUT2D eigenvalue weighted by Gasteiger charge is 2.29. The Morgan fingerprint density at radius 3 is 2.90 bits per heavy atom. The fourth-order valence-corrected chi connectivity index (χ4v) is 3.34. The third kappa shape index (κ3) is 3.01. The molecule has 0 saturated heterocycles. The number of hydrogen-bond acceptors (Lipinski definition) is 1. The summed E-state index contributed by atoms with van der Waals surface area (Å²) in [6, 6.07) is 8.45. The van der Waals surface area contributed by atoms with Crippen LogP contribution in [0.15, 0.2) is 24.3 Å². The van der Waals surface area contributed by atoms with E-state index in [0.29, 0.717) is 5.38 Å². The average Bonchev–Trinajstić information content (AvgIpc) is 3.25. The summed E-state index contributed by atoms with van der Waals surface area (Å²) >= 11 is 6.40. The summed E-state index contributed by atoms with van der Waals surface area (Å²) in [5.74, 6) is 2.03. The molecule has 0 amide bonds. The molecule has 1 unspecified atom stereocenters. The first-order valence-corrected chi connectivity index (χ1v) is 8.31.